The van der Waals surface area contributed by atoms with Crippen molar-refractivity contribution in [2.24, 2.45) is 0 Å². The first-order chi connectivity index (χ1) is 9.18. The SMILES string of the molecule is CC(O)(c1ccccn1)c1ccc2ccccc2[nH+]1. The molecule has 3 nitrogen and oxygen atoms in total. The molecule has 3 rings (SSSR count). The van der Waals surface area contributed by atoms with Crippen LogP contribution in [0, 0.1) is 0 Å². The van der Waals surface area contributed by atoms with Gasteiger partial charge in [-0.1, -0.05) is 18.2 Å². The number of nitrogens with one attached hydrogen (secondary N) is 1. The van der Waals surface area contributed by atoms with Gasteiger partial charge in [0, 0.05) is 23.7 Å². The van der Waals surface area contributed by atoms with Gasteiger partial charge in [0.05, 0.1) is 5.69 Å². The molecule has 1 aromatic carbocycles. The Labute approximate surface area is 111 Å². The Morgan fingerprint density at radius 2 is 1.79 bits per heavy atom. The van der Waals surface area contributed by atoms with Crippen LogP contribution in [0.25, 0.3) is 10.9 Å². The highest BCUT2D eigenvalue weighted by Crippen LogP contribution is 2.25. The summed E-state index contributed by atoms with van der Waals surface area (Å²) in [6.45, 7) is 1.75. The lowest BCUT2D eigenvalue weighted by atomic mass is 9.96. The predicted molar refractivity (Wildman–Crippen MR) is 73.4 cm³/mol. The summed E-state index contributed by atoms with van der Waals surface area (Å²) in [4.78, 5) is 7.51. The summed E-state index contributed by atoms with van der Waals surface area (Å²) < 4.78 is 0. The zero-order valence-corrected chi connectivity index (χ0v) is 10.7. The monoisotopic (exact) mass is 251 g/mol. The Morgan fingerprint density at radius 1 is 1.00 bits per heavy atom. The van der Waals surface area contributed by atoms with Crippen LogP contribution < -0.4 is 4.98 Å². The fraction of sp³-hybridized carbons (Fsp3) is 0.125. The van der Waals surface area contributed by atoms with Crippen LogP contribution in [0.15, 0.2) is 60.8 Å². The van der Waals surface area contributed by atoms with Crippen LogP contribution in [-0.2, 0) is 5.60 Å². The highest BCUT2D eigenvalue weighted by atomic mass is 16.3. The Bertz CT molecular complexity index is 708. The largest absolute Gasteiger partial charge is 0.373 e. The lowest BCUT2D eigenvalue weighted by Crippen LogP contribution is -2.32. The molecule has 2 aromatic heterocycles. The van der Waals surface area contributed by atoms with Gasteiger partial charge < -0.3 is 5.11 Å². The molecule has 1 unspecified atom stereocenters. The van der Waals surface area contributed by atoms with Crippen molar-refractivity contribution in [2.45, 2.75) is 12.5 Å². The Morgan fingerprint density at radius 3 is 2.58 bits per heavy atom. The smallest absolute Gasteiger partial charge is 0.218 e. The molecule has 0 aliphatic carbocycles. The normalized spacial score (nSPS) is 14.2. The topological polar surface area (TPSA) is 47.3 Å². The second kappa shape index (κ2) is 4.44. The van der Waals surface area contributed by atoms with Crippen LogP contribution in [0.4, 0.5) is 0 Å². The van der Waals surface area contributed by atoms with Crippen molar-refractivity contribution in [1.29, 1.82) is 0 Å². The fourth-order valence-corrected chi connectivity index (χ4v) is 2.19. The predicted octanol–water partition coefficient (Wildman–Crippen LogP) is 2.30. The molecule has 0 aliphatic rings. The molecule has 0 aliphatic heterocycles. The first-order valence-corrected chi connectivity index (χ1v) is 6.23. The minimum absolute atomic E-state index is 0.626. The number of hydrogen-bond acceptors (Lipinski definition) is 2. The molecule has 0 saturated carbocycles. The molecule has 2 N–H and O–H groups in total. The number of aliphatic hydroxyl groups is 1. The number of nitrogens with zero attached hydrogens (tertiary/aromatic N) is 1. The third-order valence-corrected chi connectivity index (χ3v) is 3.35. The van der Waals surface area contributed by atoms with E-state index in [1.165, 1.54) is 0 Å². The Balaban J connectivity index is 2.13. The van der Waals surface area contributed by atoms with Crippen LogP contribution in [0.1, 0.15) is 18.3 Å². The maximum absolute atomic E-state index is 10.7. The van der Waals surface area contributed by atoms with E-state index in [2.05, 4.69) is 9.97 Å². The quantitative estimate of drug-likeness (QED) is 0.759. The van der Waals surface area contributed by atoms with Crippen LogP contribution in [0.5, 0.6) is 0 Å². The number of benzene rings is 1. The molecule has 1 atom stereocenters. The Hall–Kier alpha value is -2.26. The van der Waals surface area contributed by atoms with Gasteiger partial charge in [-0.05, 0) is 31.2 Å². The molecule has 0 radical (unpaired) electrons. The van der Waals surface area contributed by atoms with Crippen molar-refractivity contribution >= 4 is 10.9 Å². The van der Waals surface area contributed by atoms with Crippen molar-refractivity contribution in [1.82, 2.24) is 4.98 Å². The van der Waals surface area contributed by atoms with E-state index in [-0.39, 0.29) is 0 Å². The van der Waals surface area contributed by atoms with Crippen LogP contribution >= 0.6 is 0 Å². The first kappa shape index (κ1) is 11.8. The van der Waals surface area contributed by atoms with E-state index in [0.29, 0.717) is 5.69 Å². The molecule has 19 heavy (non-hydrogen) atoms. The van der Waals surface area contributed by atoms with Crippen molar-refractivity contribution < 1.29 is 10.1 Å². The van der Waals surface area contributed by atoms with Gasteiger partial charge in [-0.3, -0.25) is 4.98 Å². The van der Waals surface area contributed by atoms with Crippen LogP contribution in [0.3, 0.4) is 0 Å². The van der Waals surface area contributed by atoms with Crippen molar-refractivity contribution in [3.8, 4) is 0 Å². The highest BCUT2D eigenvalue weighted by molar-refractivity contribution is 5.75. The van der Waals surface area contributed by atoms with E-state index in [9.17, 15) is 5.11 Å². The third-order valence-electron chi connectivity index (χ3n) is 3.35. The fourth-order valence-electron chi connectivity index (χ4n) is 2.19. The summed E-state index contributed by atoms with van der Waals surface area (Å²) in [6.07, 6.45) is 1.69. The van der Waals surface area contributed by atoms with Gasteiger partial charge in [-0.2, -0.15) is 0 Å². The van der Waals surface area contributed by atoms with Gasteiger partial charge in [0.15, 0.2) is 5.60 Å². The van der Waals surface area contributed by atoms with Gasteiger partial charge in [-0.25, -0.2) is 4.98 Å². The molecule has 0 amide bonds. The first-order valence-electron chi connectivity index (χ1n) is 6.23. The van der Waals surface area contributed by atoms with E-state index in [1.807, 2.05) is 54.6 Å². The average molecular weight is 251 g/mol. The lowest BCUT2D eigenvalue weighted by Gasteiger charge is -2.18. The van der Waals surface area contributed by atoms with E-state index < -0.39 is 5.60 Å². The van der Waals surface area contributed by atoms with Gasteiger partial charge in [-0.15, -0.1) is 0 Å². The zero-order valence-electron chi connectivity index (χ0n) is 10.7. The number of para-hydroxylation sites is 1. The van der Waals surface area contributed by atoms with E-state index in [1.54, 1.807) is 13.1 Å². The number of rotatable bonds is 2. The summed E-state index contributed by atoms with van der Waals surface area (Å²) in [7, 11) is 0. The number of H-pyrrole nitrogens is 1. The molecular formula is C16H15N2O+. The third kappa shape index (κ3) is 2.09. The summed E-state index contributed by atoms with van der Waals surface area (Å²) in [5.41, 5.74) is 1.22. The maximum atomic E-state index is 10.7. The Kier molecular flexibility index (Phi) is 2.76. The van der Waals surface area contributed by atoms with E-state index in [4.69, 9.17) is 0 Å². The van der Waals surface area contributed by atoms with Gasteiger partial charge in [0.2, 0.25) is 11.2 Å². The summed E-state index contributed by atoms with van der Waals surface area (Å²) in [6, 6.07) is 17.4. The van der Waals surface area contributed by atoms with Crippen LogP contribution in [0.2, 0.25) is 0 Å². The van der Waals surface area contributed by atoms with Gasteiger partial charge >= 0.3 is 0 Å². The number of hydrogen-bond donors (Lipinski definition) is 1. The highest BCUT2D eigenvalue weighted by Gasteiger charge is 2.33. The minimum atomic E-state index is -1.13. The maximum Gasteiger partial charge on any atom is 0.218 e. The van der Waals surface area contributed by atoms with E-state index in [0.717, 1.165) is 16.6 Å². The average Bonchev–Trinajstić information content (AvgIpc) is 2.47. The minimum Gasteiger partial charge on any atom is -0.373 e. The number of aromatic nitrogens is 2. The van der Waals surface area contributed by atoms with Gasteiger partial charge in [0.25, 0.3) is 0 Å². The summed E-state index contributed by atoms with van der Waals surface area (Å²) in [5.74, 6) is 0. The number of pyridine rings is 2. The molecule has 0 fully saturated rings. The van der Waals surface area contributed by atoms with Crippen molar-refractivity contribution in [3.63, 3.8) is 0 Å². The summed E-state index contributed by atoms with van der Waals surface area (Å²) >= 11 is 0. The molecule has 2 heterocycles. The molecule has 0 saturated heterocycles. The number of fused-ring (bicyclic) bond motifs is 1. The lowest BCUT2D eigenvalue weighted by molar-refractivity contribution is -0.374. The standard InChI is InChI=1S/C16H14N2O/c1-16(19,14-8-4-5-11-17-14)15-10-9-12-6-2-3-7-13(12)18-15/h2-11,19H,1H3/p+1. The van der Waals surface area contributed by atoms with Crippen molar-refractivity contribution in [3.05, 3.63) is 72.2 Å². The molecule has 3 heteroatoms. The molecule has 94 valence electrons. The second-order valence-corrected chi connectivity index (χ2v) is 4.75. The molecule has 0 bridgehead atoms. The molecular weight excluding hydrogens is 236 g/mol. The van der Waals surface area contributed by atoms with Gasteiger partial charge in [0.1, 0.15) is 0 Å². The molecule has 3 aromatic rings. The second-order valence-electron chi connectivity index (χ2n) is 4.75. The van der Waals surface area contributed by atoms with Crippen LogP contribution in [-0.4, -0.2) is 10.1 Å². The van der Waals surface area contributed by atoms with E-state index >= 15 is 0 Å². The zero-order chi connectivity index (χ0) is 13.3. The summed E-state index contributed by atoms with van der Waals surface area (Å²) in [5, 5.41) is 11.8. The molecule has 0 spiro atoms. The number of aromatic amines is 1. The van der Waals surface area contributed by atoms with Crippen molar-refractivity contribution in [2.75, 3.05) is 0 Å².